The standard InChI is InChI=1S/C20H29N3O3/c1-20(2,3)13-18(24)23-9-5-6-15(23)19(25)21-14-7-8-17-16(12-14)22(4)10-11-26-17/h7-8,12,15H,5-6,9-11,13H2,1-4H3,(H,21,25). The molecule has 26 heavy (non-hydrogen) atoms. The average Bonchev–Trinajstić information content (AvgIpc) is 3.04. The summed E-state index contributed by atoms with van der Waals surface area (Å²) in [6.45, 7) is 8.28. The van der Waals surface area contributed by atoms with E-state index < -0.39 is 0 Å². The summed E-state index contributed by atoms with van der Waals surface area (Å²) in [6.07, 6.45) is 2.04. The van der Waals surface area contributed by atoms with E-state index in [1.807, 2.05) is 46.0 Å². The third-order valence-corrected chi connectivity index (χ3v) is 4.88. The molecule has 0 spiro atoms. The fraction of sp³-hybridized carbons (Fsp3) is 0.600. The molecular weight excluding hydrogens is 330 g/mol. The molecule has 1 aromatic carbocycles. The van der Waals surface area contributed by atoms with Gasteiger partial charge in [-0.05, 0) is 36.5 Å². The number of amides is 2. The molecule has 2 aliphatic heterocycles. The van der Waals surface area contributed by atoms with E-state index in [9.17, 15) is 9.59 Å². The second-order valence-electron chi connectivity index (χ2n) is 8.42. The summed E-state index contributed by atoms with van der Waals surface area (Å²) in [5, 5.41) is 2.99. The quantitative estimate of drug-likeness (QED) is 0.901. The summed E-state index contributed by atoms with van der Waals surface area (Å²) < 4.78 is 5.64. The molecule has 1 aromatic rings. The van der Waals surface area contributed by atoms with Crippen LogP contribution in [0.1, 0.15) is 40.0 Å². The van der Waals surface area contributed by atoms with Gasteiger partial charge in [0.2, 0.25) is 11.8 Å². The molecule has 142 valence electrons. The van der Waals surface area contributed by atoms with Crippen molar-refractivity contribution in [3.8, 4) is 5.75 Å². The van der Waals surface area contributed by atoms with Crippen molar-refractivity contribution in [2.75, 3.05) is 37.0 Å². The summed E-state index contributed by atoms with van der Waals surface area (Å²) in [4.78, 5) is 29.2. The number of hydrogen-bond donors (Lipinski definition) is 1. The third-order valence-electron chi connectivity index (χ3n) is 4.88. The lowest BCUT2D eigenvalue weighted by Gasteiger charge is -2.29. The van der Waals surface area contributed by atoms with Crippen molar-refractivity contribution >= 4 is 23.2 Å². The fourth-order valence-corrected chi connectivity index (χ4v) is 3.55. The van der Waals surface area contributed by atoms with Crippen LogP contribution < -0.4 is 15.0 Å². The van der Waals surface area contributed by atoms with Crippen molar-refractivity contribution in [3.63, 3.8) is 0 Å². The van der Waals surface area contributed by atoms with Crippen molar-refractivity contribution in [3.05, 3.63) is 18.2 Å². The zero-order valence-corrected chi connectivity index (χ0v) is 16.2. The maximum atomic E-state index is 12.8. The largest absolute Gasteiger partial charge is 0.490 e. The van der Waals surface area contributed by atoms with Crippen molar-refractivity contribution in [1.29, 1.82) is 0 Å². The number of hydrogen-bond acceptors (Lipinski definition) is 4. The Labute approximate surface area is 155 Å². The summed E-state index contributed by atoms with van der Waals surface area (Å²) >= 11 is 0. The van der Waals surface area contributed by atoms with Crippen LogP contribution in [0.15, 0.2) is 18.2 Å². The molecule has 0 aromatic heterocycles. The van der Waals surface area contributed by atoms with Gasteiger partial charge in [-0.3, -0.25) is 9.59 Å². The highest BCUT2D eigenvalue weighted by molar-refractivity contribution is 5.98. The van der Waals surface area contributed by atoms with Crippen LogP contribution in [-0.2, 0) is 9.59 Å². The van der Waals surface area contributed by atoms with E-state index in [1.54, 1.807) is 4.90 Å². The van der Waals surface area contributed by atoms with Gasteiger partial charge in [-0.2, -0.15) is 0 Å². The number of rotatable bonds is 3. The molecule has 1 N–H and O–H groups in total. The zero-order valence-electron chi connectivity index (χ0n) is 16.2. The summed E-state index contributed by atoms with van der Waals surface area (Å²) in [5.74, 6) is 0.789. The number of likely N-dealkylation sites (tertiary alicyclic amines) is 1. The average molecular weight is 359 g/mol. The zero-order chi connectivity index (χ0) is 18.9. The van der Waals surface area contributed by atoms with Gasteiger partial charge in [0.05, 0.1) is 12.2 Å². The first-order valence-corrected chi connectivity index (χ1v) is 9.33. The van der Waals surface area contributed by atoms with Gasteiger partial charge in [0.1, 0.15) is 18.4 Å². The van der Waals surface area contributed by atoms with Gasteiger partial charge in [-0.25, -0.2) is 0 Å². The van der Waals surface area contributed by atoms with Gasteiger partial charge >= 0.3 is 0 Å². The Morgan fingerprint density at radius 3 is 2.77 bits per heavy atom. The van der Waals surface area contributed by atoms with Crippen LogP contribution in [0, 0.1) is 5.41 Å². The molecular formula is C20H29N3O3. The number of ether oxygens (including phenoxy) is 1. The minimum atomic E-state index is -0.380. The van der Waals surface area contributed by atoms with Gasteiger partial charge in [0.25, 0.3) is 0 Å². The molecule has 2 aliphatic rings. The number of likely N-dealkylation sites (N-methyl/N-ethyl adjacent to an activating group) is 1. The lowest BCUT2D eigenvalue weighted by atomic mass is 9.91. The Morgan fingerprint density at radius 2 is 2.04 bits per heavy atom. The maximum Gasteiger partial charge on any atom is 0.247 e. The van der Waals surface area contributed by atoms with Gasteiger partial charge in [0.15, 0.2) is 0 Å². The van der Waals surface area contributed by atoms with Crippen LogP contribution >= 0.6 is 0 Å². The normalized spacial score (nSPS) is 19.8. The van der Waals surface area contributed by atoms with Gasteiger partial charge in [-0.15, -0.1) is 0 Å². The van der Waals surface area contributed by atoms with Crippen molar-refractivity contribution < 1.29 is 14.3 Å². The van der Waals surface area contributed by atoms with Crippen molar-refractivity contribution in [2.24, 2.45) is 5.41 Å². The van der Waals surface area contributed by atoms with E-state index in [2.05, 4.69) is 10.2 Å². The number of carbonyl (C=O) groups is 2. The maximum absolute atomic E-state index is 12.8. The van der Waals surface area contributed by atoms with E-state index in [-0.39, 0.29) is 23.3 Å². The minimum Gasteiger partial charge on any atom is -0.490 e. The molecule has 0 saturated carbocycles. The minimum absolute atomic E-state index is 0.0636. The number of nitrogens with zero attached hydrogens (tertiary/aromatic N) is 2. The van der Waals surface area contributed by atoms with E-state index in [0.29, 0.717) is 19.6 Å². The number of anilines is 2. The summed E-state index contributed by atoms with van der Waals surface area (Å²) in [5.41, 5.74) is 1.63. The third kappa shape index (κ3) is 4.11. The molecule has 2 amide bonds. The highest BCUT2D eigenvalue weighted by Gasteiger charge is 2.35. The van der Waals surface area contributed by atoms with Crippen LogP contribution in [0.3, 0.4) is 0 Å². The van der Waals surface area contributed by atoms with E-state index in [4.69, 9.17) is 4.74 Å². The Balaban J connectivity index is 1.69. The van der Waals surface area contributed by atoms with Crippen molar-refractivity contribution in [1.82, 2.24) is 4.90 Å². The van der Waals surface area contributed by atoms with E-state index in [1.165, 1.54) is 0 Å². The first kappa shape index (κ1) is 18.5. The Kier molecular flexibility index (Phi) is 5.12. The lowest BCUT2D eigenvalue weighted by molar-refractivity contribution is -0.138. The Hall–Kier alpha value is -2.24. The first-order valence-electron chi connectivity index (χ1n) is 9.33. The molecule has 1 atom stereocenters. The molecule has 6 nitrogen and oxygen atoms in total. The van der Waals surface area contributed by atoms with Crippen LogP contribution in [0.5, 0.6) is 5.75 Å². The number of nitrogens with one attached hydrogen (secondary N) is 1. The number of fused-ring (bicyclic) bond motifs is 1. The van der Waals surface area contributed by atoms with Gasteiger partial charge in [0, 0.05) is 25.7 Å². The number of benzene rings is 1. The smallest absolute Gasteiger partial charge is 0.247 e. The molecule has 1 fully saturated rings. The topological polar surface area (TPSA) is 61.9 Å². The van der Waals surface area contributed by atoms with E-state index in [0.717, 1.165) is 36.5 Å². The molecule has 0 aliphatic carbocycles. The second-order valence-corrected chi connectivity index (χ2v) is 8.42. The molecule has 6 heteroatoms. The Morgan fingerprint density at radius 1 is 1.27 bits per heavy atom. The Bertz CT molecular complexity index is 696. The molecule has 2 heterocycles. The van der Waals surface area contributed by atoms with Crippen LogP contribution in [-0.4, -0.2) is 49.5 Å². The lowest BCUT2D eigenvalue weighted by Crippen LogP contribution is -2.44. The highest BCUT2D eigenvalue weighted by atomic mass is 16.5. The molecule has 1 unspecified atom stereocenters. The fourth-order valence-electron chi connectivity index (χ4n) is 3.55. The van der Waals surface area contributed by atoms with Crippen molar-refractivity contribution in [2.45, 2.75) is 46.1 Å². The monoisotopic (exact) mass is 359 g/mol. The SMILES string of the molecule is CN1CCOc2ccc(NC(=O)C3CCCN3C(=O)CC(C)(C)C)cc21. The number of carbonyl (C=O) groups excluding carboxylic acids is 2. The van der Waals surface area contributed by atoms with Crippen LogP contribution in [0.2, 0.25) is 0 Å². The highest BCUT2D eigenvalue weighted by Crippen LogP contribution is 2.33. The molecule has 1 saturated heterocycles. The van der Waals surface area contributed by atoms with Crippen LogP contribution in [0.4, 0.5) is 11.4 Å². The van der Waals surface area contributed by atoms with Crippen LogP contribution in [0.25, 0.3) is 0 Å². The van der Waals surface area contributed by atoms with Gasteiger partial charge < -0.3 is 19.9 Å². The second kappa shape index (κ2) is 7.17. The summed E-state index contributed by atoms with van der Waals surface area (Å²) in [7, 11) is 2.01. The van der Waals surface area contributed by atoms with E-state index >= 15 is 0 Å². The van der Waals surface area contributed by atoms with Gasteiger partial charge in [-0.1, -0.05) is 20.8 Å². The molecule has 0 bridgehead atoms. The summed E-state index contributed by atoms with van der Waals surface area (Å²) in [6, 6.07) is 5.29. The first-order chi connectivity index (χ1) is 12.2. The predicted octanol–water partition coefficient (Wildman–Crippen LogP) is 2.88. The molecule has 3 rings (SSSR count). The predicted molar refractivity (Wildman–Crippen MR) is 103 cm³/mol. The molecule has 0 radical (unpaired) electrons.